The third-order valence-electron chi connectivity index (χ3n) is 1.89. The summed E-state index contributed by atoms with van der Waals surface area (Å²) in [6.45, 7) is 1.52. The minimum atomic E-state index is 0.0543. The molecule has 0 aromatic carbocycles. The van der Waals surface area contributed by atoms with Crippen LogP contribution in [0, 0.1) is 11.8 Å². The first-order valence-electron chi connectivity index (χ1n) is 4.79. The maximum Gasteiger partial charge on any atom is 0.186 e. The van der Waals surface area contributed by atoms with E-state index in [1.54, 1.807) is 22.8 Å². The number of nitrogens with zero attached hydrogens (tertiary/aromatic N) is 3. The molecule has 0 amide bonds. The van der Waals surface area contributed by atoms with Gasteiger partial charge in [-0.1, -0.05) is 29.3 Å². The first-order valence-corrected chi connectivity index (χ1v) is 6.16. The summed E-state index contributed by atoms with van der Waals surface area (Å²) in [5.41, 5.74) is 1.35. The van der Waals surface area contributed by atoms with Crippen molar-refractivity contribution < 1.29 is 4.79 Å². The van der Waals surface area contributed by atoms with Gasteiger partial charge in [0.25, 0.3) is 0 Å². The van der Waals surface area contributed by atoms with Gasteiger partial charge < -0.3 is 0 Å². The molecule has 0 saturated carbocycles. The van der Waals surface area contributed by atoms with E-state index in [0.29, 0.717) is 22.2 Å². The summed E-state index contributed by atoms with van der Waals surface area (Å²) < 4.78 is 1.58. The molecule has 2 aromatic heterocycles. The molecule has 0 aliphatic carbocycles. The van der Waals surface area contributed by atoms with Crippen molar-refractivity contribution in [2.24, 2.45) is 0 Å². The van der Waals surface area contributed by atoms with Gasteiger partial charge >= 0.3 is 0 Å². The second-order valence-corrected chi connectivity index (χ2v) is 4.69. The van der Waals surface area contributed by atoms with E-state index in [0.717, 1.165) is 0 Å². The topological polar surface area (TPSA) is 47.3 Å². The van der Waals surface area contributed by atoms with Gasteiger partial charge in [0.05, 0.1) is 11.9 Å². The first kappa shape index (κ1) is 12.0. The van der Waals surface area contributed by atoms with E-state index in [1.165, 1.54) is 18.7 Å². The number of halogens is 1. The van der Waals surface area contributed by atoms with Crippen LogP contribution in [0.4, 0.5) is 0 Å². The molecule has 17 heavy (non-hydrogen) atoms. The predicted octanol–water partition coefficient (Wildman–Crippen LogP) is 2.01. The lowest BCUT2D eigenvalue weighted by Crippen LogP contribution is -1.94. The first-order chi connectivity index (χ1) is 8.16. The van der Waals surface area contributed by atoms with Gasteiger partial charge in [-0.25, -0.2) is 9.50 Å². The SMILES string of the molecule is CC(=O)SCC#Cc1cnc2ccc(Cl)nn12. The van der Waals surface area contributed by atoms with Crippen molar-refractivity contribution in [2.75, 3.05) is 5.75 Å². The number of carbonyl (C=O) groups excluding carboxylic acids is 1. The molecule has 0 spiro atoms. The fourth-order valence-corrected chi connectivity index (χ4v) is 1.69. The van der Waals surface area contributed by atoms with Crippen molar-refractivity contribution in [1.29, 1.82) is 0 Å². The van der Waals surface area contributed by atoms with Crippen molar-refractivity contribution in [1.82, 2.24) is 14.6 Å². The number of hydrogen-bond acceptors (Lipinski definition) is 4. The van der Waals surface area contributed by atoms with Gasteiger partial charge in [0.15, 0.2) is 10.8 Å². The zero-order chi connectivity index (χ0) is 12.3. The summed E-state index contributed by atoms with van der Waals surface area (Å²) in [6.07, 6.45) is 1.63. The van der Waals surface area contributed by atoms with Crippen LogP contribution < -0.4 is 0 Å². The Morgan fingerprint density at radius 2 is 2.41 bits per heavy atom. The van der Waals surface area contributed by atoms with Crippen LogP contribution in [0.5, 0.6) is 0 Å². The third kappa shape index (κ3) is 2.99. The summed E-state index contributed by atoms with van der Waals surface area (Å²) >= 11 is 6.97. The second-order valence-electron chi connectivity index (χ2n) is 3.15. The second kappa shape index (κ2) is 5.21. The minimum absolute atomic E-state index is 0.0543. The average molecular weight is 266 g/mol. The molecule has 2 rings (SSSR count). The maximum absolute atomic E-state index is 10.7. The van der Waals surface area contributed by atoms with E-state index < -0.39 is 0 Å². The Kier molecular flexibility index (Phi) is 3.67. The van der Waals surface area contributed by atoms with Crippen LogP contribution in [0.3, 0.4) is 0 Å². The Morgan fingerprint density at radius 3 is 3.18 bits per heavy atom. The van der Waals surface area contributed by atoms with Gasteiger partial charge in [-0.2, -0.15) is 5.10 Å². The van der Waals surface area contributed by atoms with Crippen molar-refractivity contribution >= 4 is 34.1 Å². The zero-order valence-electron chi connectivity index (χ0n) is 8.98. The smallest absolute Gasteiger partial charge is 0.186 e. The summed E-state index contributed by atoms with van der Waals surface area (Å²) in [5.74, 6) is 6.25. The van der Waals surface area contributed by atoms with E-state index in [2.05, 4.69) is 21.9 Å². The van der Waals surface area contributed by atoms with E-state index >= 15 is 0 Å². The van der Waals surface area contributed by atoms with Crippen LogP contribution in [0.15, 0.2) is 18.3 Å². The molecular formula is C11H8ClN3OS. The number of thioether (sulfide) groups is 1. The van der Waals surface area contributed by atoms with Crippen molar-refractivity contribution in [3.8, 4) is 11.8 Å². The highest BCUT2D eigenvalue weighted by molar-refractivity contribution is 8.13. The zero-order valence-corrected chi connectivity index (χ0v) is 10.5. The lowest BCUT2D eigenvalue weighted by Gasteiger charge is -1.93. The Morgan fingerprint density at radius 1 is 1.59 bits per heavy atom. The highest BCUT2D eigenvalue weighted by Gasteiger charge is 2.01. The quantitative estimate of drug-likeness (QED) is 0.740. The predicted molar refractivity (Wildman–Crippen MR) is 68.0 cm³/mol. The highest BCUT2D eigenvalue weighted by Crippen LogP contribution is 2.08. The largest absolute Gasteiger partial charge is 0.288 e. The number of fused-ring (bicyclic) bond motifs is 1. The van der Waals surface area contributed by atoms with Crippen LogP contribution in [-0.4, -0.2) is 25.5 Å². The molecule has 0 aliphatic heterocycles. The van der Waals surface area contributed by atoms with Gasteiger partial charge in [-0.05, 0) is 18.1 Å². The summed E-state index contributed by atoms with van der Waals surface area (Å²) in [5, 5.41) is 4.53. The molecule has 86 valence electrons. The lowest BCUT2D eigenvalue weighted by molar-refractivity contribution is -0.109. The Labute approximate surface area is 107 Å². The molecular weight excluding hydrogens is 258 g/mol. The highest BCUT2D eigenvalue weighted by atomic mass is 35.5. The monoisotopic (exact) mass is 265 g/mol. The lowest BCUT2D eigenvalue weighted by atomic mass is 10.5. The number of aromatic nitrogens is 3. The number of hydrogen-bond donors (Lipinski definition) is 0. The molecule has 0 aliphatic rings. The molecule has 0 atom stereocenters. The number of carbonyl (C=O) groups is 1. The van der Waals surface area contributed by atoms with Crippen LogP contribution >= 0.6 is 23.4 Å². The minimum Gasteiger partial charge on any atom is -0.288 e. The summed E-state index contributed by atoms with van der Waals surface area (Å²) in [4.78, 5) is 14.8. The number of imidazole rings is 1. The molecule has 0 N–H and O–H groups in total. The van der Waals surface area contributed by atoms with Crippen molar-refractivity contribution in [3.05, 3.63) is 29.2 Å². The van der Waals surface area contributed by atoms with Gasteiger partial charge in [0, 0.05) is 6.92 Å². The van der Waals surface area contributed by atoms with E-state index in [9.17, 15) is 4.79 Å². The molecule has 0 fully saturated rings. The third-order valence-corrected chi connectivity index (χ3v) is 2.79. The Balaban J connectivity index is 2.24. The summed E-state index contributed by atoms with van der Waals surface area (Å²) in [6, 6.07) is 3.44. The van der Waals surface area contributed by atoms with Gasteiger partial charge in [-0.3, -0.25) is 4.79 Å². The molecule has 2 heterocycles. The van der Waals surface area contributed by atoms with Crippen LogP contribution in [-0.2, 0) is 4.79 Å². The molecule has 0 bridgehead atoms. The van der Waals surface area contributed by atoms with Crippen LogP contribution in [0.1, 0.15) is 12.6 Å². The average Bonchev–Trinajstić information content (AvgIpc) is 2.67. The van der Waals surface area contributed by atoms with Crippen LogP contribution in [0.25, 0.3) is 5.65 Å². The van der Waals surface area contributed by atoms with Crippen LogP contribution in [0.2, 0.25) is 5.15 Å². The fraction of sp³-hybridized carbons (Fsp3) is 0.182. The van der Waals surface area contributed by atoms with Crippen molar-refractivity contribution in [3.63, 3.8) is 0 Å². The van der Waals surface area contributed by atoms with E-state index in [-0.39, 0.29) is 5.12 Å². The summed E-state index contributed by atoms with van der Waals surface area (Å²) in [7, 11) is 0. The van der Waals surface area contributed by atoms with Crippen molar-refractivity contribution in [2.45, 2.75) is 6.92 Å². The van der Waals surface area contributed by atoms with E-state index in [4.69, 9.17) is 11.6 Å². The van der Waals surface area contributed by atoms with E-state index in [1.807, 2.05) is 0 Å². The molecule has 0 saturated heterocycles. The number of rotatable bonds is 1. The van der Waals surface area contributed by atoms with Gasteiger partial charge in [0.1, 0.15) is 10.8 Å². The van der Waals surface area contributed by atoms with Gasteiger partial charge in [-0.15, -0.1) is 0 Å². The fourth-order valence-electron chi connectivity index (χ4n) is 1.20. The molecule has 0 unspecified atom stereocenters. The normalized spacial score (nSPS) is 10.0. The standard InChI is InChI=1S/C11H8ClN3OS/c1-8(16)17-6-2-3-9-7-13-11-5-4-10(12)14-15(9)11/h4-5,7H,6H2,1H3. The Hall–Kier alpha value is -1.51. The molecule has 6 heteroatoms. The molecule has 4 nitrogen and oxygen atoms in total. The van der Waals surface area contributed by atoms with Gasteiger partial charge in [0.2, 0.25) is 0 Å². The maximum atomic E-state index is 10.7. The molecule has 0 radical (unpaired) electrons. The molecule has 2 aromatic rings. The Bertz CT molecular complexity index is 626.